The molecule has 0 N–H and O–H groups in total. The Kier molecular flexibility index (Phi) is 10.7. The van der Waals surface area contributed by atoms with Gasteiger partial charge in [-0.2, -0.15) is 48.3 Å². The fraction of sp³-hybridized carbons (Fsp3) is 1.00. The predicted molar refractivity (Wildman–Crippen MR) is 70.0 cm³/mol. The molecular weight excluding hydrogens is 500 g/mol. The summed E-state index contributed by atoms with van der Waals surface area (Å²) in [7, 11) is 0.583. The molecule has 0 aromatic rings. The van der Waals surface area contributed by atoms with Gasteiger partial charge < -0.3 is 9.47 Å². The minimum absolute atomic E-state index is 0. The smallest absolute Gasteiger partial charge is 0.349 e. The third kappa shape index (κ3) is 6.70. The van der Waals surface area contributed by atoms with Gasteiger partial charge in [0.15, 0.2) is 0 Å². The van der Waals surface area contributed by atoms with Crippen molar-refractivity contribution in [2.24, 2.45) is 0 Å². The Morgan fingerprint density at radius 1 is 0.680 bits per heavy atom. The number of hydrogen-bond acceptors (Lipinski definition) is 2. The molecule has 0 aromatic carbocycles. The van der Waals surface area contributed by atoms with Crippen LogP contribution in [0.2, 0.25) is 0 Å². The normalized spacial score (nSPS) is 18.2. The van der Waals surface area contributed by atoms with E-state index in [0.717, 1.165) is 0 Å². The van der Waals surface area contributed by atoms with Gasteiger partial charge >= 0.3 is 33.5 Å². The van der Waals surface area contributed by atoms with E-state index < -0.39 is 33.5 Å². The molecule has 0 saturated heterocycles. The first kappa shape index (κ1) is 30.0. The van der Waals surface area contributed by atoms with Crippen LogP contribution in [0, 0.1) is 0 Å². The first-order valence-corrected chi connectivity index (χ1v) is 6.42. The summed E-state index contributed by atoms with van der Waals surface area (Å²) in [6, 6.07) is 0. The fourth-order valence-electron chi connectivity index (χ4n) is 0.784. The SMILES string of the molecule is C.COC(Cl)(C(F)(F)F)C(F)(F)Cl.COC(F)(C(F)(F)F)C(F)(F)Br. The summed E-state index contributed by atoms with van der Waals surface area (Å²) in [6.45, 7) is 0. The second kappa shape index (κ2) is 8.93. The summed E-state index contributed by atoms with van der Waals surface area (Å²) in [6.07, 6.45) is -11.2. The molecule has 2 unspecified atom stereocenters. The van der Waals surface area contributed by atoms with Crippen molar-refractivity contribution in [2.75, 3.05) is 14.2 Å². The van der Waals surface area contributed by atoms with Crippen molar-refractivity contribution in [3.05, 3.63) is 0 Å². The Hall–Kier alpha value is 0.210. The summed E-state index contributed by atoms with van der Waals surface area (Å²) in [5.74, 6) is -5.00. The number of ether oxygens (including phenoxy) is 2. The molecule has 25 heavy (non-hydrogen) atoms. The van der Waals surface area contributed by atoms with Gasteiger partial charge in [-0.15, -0.1) is 0 Å². The summed E-state index contributed by atoms with van der Waals surface area (Å²) < 4.78 is 137. The number of rotatable bonds is 4. The van der Waals surface area contributed by atoms with Crippen LogP contribution in [-0.4, -0.2) is 47.7 Å². The summed E-state index contributed by atoms with van der Waals surface area (Å²) in [4.78, 5) is -4.81. The molecule has 0 bridgehead atoms. The highest BCUT2D eigenvalue weighted by Crippen LogP contribution is 2.50. The van der Waals surface area contributed by atoms with E-state index >= 15 is 0 Å². The molecule has 0 aliphatic heterocycles. The quantitative estimate of drug-likeness (QED) is 0.320. The molecule has 0 rings (SSSR count). The Morgan fingerprint density at radius 2 is 1.00 bits per heavy atom. The molecule has 0 radical (unpaired) electrons. The molecule has 0 saturated carbocycles. The molecule has 0 spiro atoms. The number of alkyl halides is 14. The number of hydrogen-bond donors (Lipinski definition) is 0. The maximum atomic E-state index is 12.4. The monoisotopic (exact) mass is 508 g/mol. The number of methoxy groups -OCH3 is 2. The van der Waals surface area contributed by atoms with Gasteiger partial charge in [-0.25, -0.2) is 0 Å². The molecular formula is C9H10BrCl2F11O2. The molecule has 0 aromatic heterocycles. The first-order valence-electron chi connectivity index (χ1n) is 4.87. The summed E-state index contributed by atoms with van der Waals surface area (Å²) in [5, 5.41) is -8.90. The third-order valence-corrected chi connectivity index (χ3v) is 3.50. The highest BCUT2D eigenvalue weighted by atomic mass is 79.9. The van der Waals surface area contributed by atoms with Gasteiger partial charge in [0.25, 0.3) is 0 Å². The molecule has 156 valence electrons. The Balaban J connectivity index is -0.000000372. The first-order chi connectivity index (χ1) is 10.1. The molecule has 0 amide bonds. The van der Waals surface area contributed by atoms with Crippen molar-refractivity contribution in [3.8, 4) is 0 Å². The lowest BCUT2D eigenvalue weighted by Crippen LogP contribution is -2.53. The predicted octanol–water partition coefficient (Wildman–Crippen LogP) is 6.45. The van der Waals surface area contributed by atoms with Gasteiger partial charge in [-0.1, -0.05) is 19.0 Å². The molecule has 2 nitrogen and oxygen atoms in total. The zero-order valence-electron chi connectivity index (χ0n) is 11.1. The average Bonchev–Trinajstić information content (AvgIpc) is 2.31. The van der Waals surface area contributed by atoms with E-state index in [-0.39, 0.29) is 14.5 Å². The summed E-state index contributed by atoms with van der Waals surface area (Å²) >= 11 is 9.81. The lowest BCUT2D eigenvalue weighted by molar-refractivity contribution is -0.369. The Bertz CT molecular complexity index is 336. The Morgan fingerprint density at radius 3 is 1.00 bits per heavy atom. The van der Waals surface area contributed by atoms with E-state index in [1.807, 2.05) is 0 Å². The van der Waals surface area contributed by atoms with Gasteiger partial charge in [0.1, 0.15) is 0 Å². The van der Waals surface area contributed by atoms with Gasteiger partial charge in [0.05, 0.1) is 0 Å². The molecule has 0 fully saturated rings. The van der Waals surface area contributed by atoms with Crippen LogP contribution in [0.25, 0.3) is 0 Å². The van der Waals surface area contributed by atoms with Gasteiger partial charge in [-0.3, -0.25) is 0 Å². The minimum Gasteiger partial charge on any atom is -0.349 e. The van der Waals surface area contributed by atoms with Crippen LogP contribution >= 0.6 is 39.1 Å². The van der Waals surface area contributed by atoms with Crippen LogP contribution in [-0.2, 0) is 9.47 Å². The zero-order chi connectivity index (χ0) is 20.4. The van der Waals surface area contributed by atoms with Crippen LogP contribution in [0.5, 0.6) is 0 Å². The highest BCUT2D eigenvalue weighted by molar-refractivity contribution is 9.10. The minimum atomic E-state index is -5.80. The van der Waals surface area contributed by atoms with E-state index in [2.05, 4.69) is 32.7 Å². The second-order valence-electron chi connectivity index (χ2n) is 3.59. The topological polar surface area (TPSA) is 18.5 Å². The van der Waals surface area contributed by atoms with E-state index in [4.69, 9.17) is 0 Å². The van der Waals surface area contributed by atoms with Crippen LogP contribution in [0.4, 0.5) is 48.3 Å². The van der Waals surface area contributed by atoms with Crippen LogP contribution in [0.3, 0.4) is 0 Å². The van der Waals surface area contributed by atoms with E-state index in [1.165, 1.54) is 15.9 Å². The van der Waals surface area contributed by atoms with E-state index in [9.17, 15) is 48.3 Å². The van der Waals surface area contributed by atoms with Crippen LogP contribution in [0.15, 0.2) is 0 Å². The van der Waals surface area contributed by atoms with Crippen LogP contribution in [0.1, 0.15) is 7.43 Å². The van der Waals surface area contributed by atoms with Gasteiger partial charge in [-0.05, 0) is 27.5 Å². The van der Waals surface area contributed by atoms with E-state index in [1.54, 1.807) is 0 Å². The molecule has 2 atom stereocenters. The molecule has 0 heterocycles. The van der Waals surface area contributed by atoms with Crippen molar-refractivity contribution in [3.63, 3.8) is 0 Å². The van der Waals surface area contributed by atoms with Crippen molar-refractivity contribution in [1.29, 1.82) is 0 Å². The van der Waals surface area contributed by atoms with Gasteiger partial charge in [0.2, 0.25) is 0 Å². The zero-order valence-corrected chi connectivity index (χ0v) is 14.2. The van der Waals surface area contributed by atoms with Crippen molar-refractivity contribution < 1.29 is 57.8 Å². The van der Waals surface area contributed by atoms with Gasteiger partial charge in [0, 0.05) is 14.2 Å². The van der Waals surface area contributed by atoms with Crippen molar-refractivity contribution in [1.82, 2.24) is 0 Å². The standard InChI is InChI=1S/C4H3BrF6O.C4H3Cl2F5O.CH4/c1-12-2(6,3(5,7)8)4(9,10)11;1-12-2(5,3(6,7)8)4(9,10)11;/h2*1H3;1H4. The Labute approximate surface area is 152 Å². The van der Waals surface area contributed by atoms with E-state index in [0.29, 0.717) is 7.11 Å². The molecule has 16 heteroatoms. The molecule has 0 aliphatic carbocycles. The van der Waals surface area contributed by atoms with Crippen molar-refractivity contribution >= 4 is 39.1 Å². The lowest BCUT2D eigenvalue weighted by atomic mass is 10.3. The second-order valence-corrected chi connectivity index (χ2v) is 5.59. The third-order valence-electron chi connectivity index (χ3n) is 2.02. The fourth-order valence-corrected chi connectivity index (χ4v) is 1.36. The lowest BCUT2D eigenvalue weighted by Gasteiger charge is -2.30. The summed E-state index contributed by atoms with van der Waals surface area (Å²) in [5.41, 5.74) is 0. The van der Waals surface area contributed by atoms with Crippen LogP contribution < -0.4 is 0 Å². The van der Waals surface area contributed by atoms with Crippen molar-refractivity contribution in [2.45, 2.75) is 40.9 Å². The largest absolute Gasteiger partial charge is 0.456 e. The highest BCUT2D eigenvalue weighted by Gasteiger charge is 2.72. The maximum absolute atomic E-state index is 12.4. The average molecular weight is 510 g/mol. The maximum Gasteiger partial charge on any atom is 0.456 e. The molecule has 0 aliphatic rings. The number of halogens is 14.